The molecule has 0 radical (unpaired) electrons. The molecule has 1 amide bonds. The molecule has 0 aliphatic rings. The Morgan fingerprint density at radius 3 is 2.46 bits per heavy atom. The topological polar surface area (TPSA) is 59.8 Å². The van der Waals surface area contributed by atoms with E-state index < -0.39 is 17.6 Å². The third-order valence-corrected chi connectivity index (χ3v) is 6.41. The van der Waals surface area contributed by atoms with E-state index in [9.17, 15) is 18.0 Å². The van der Waals surface area contributed by atoms with Gasteiger partial charge in [-0.05, 0) is 67.1 Å². The maximum absolute atomic E-state index is 13.0. The second kappa shape index (κ2) is 10.3. The van der Waals surface area contributed by atoms with Gasteiger partial charge in [0.1, 0.15) is 0 Å². The number of hydrogen-bond acceptors (Lipinski definition) is 4. The van der Waals surface area contributed by atoms with Crippen LogP contribution in [0.4, 0.5) is 18.9 Å². The summed E-state index contributed by atoms with van der Waals surface area (Å²) in [4.78, 5) is 12.6. The molecule has 0 aliphatic heterocycles. The van der Waals surface area contributed by atoms with Gasteiger partial charge in [-0.15, -0.1) is 10.2 Å². The molecule has 11 heteroatoms. The van der Waals surface area contributed by atoms with Gasteiger partial charge in [0, 0.05) is 16.3 Å². The van der Waals surface area contributed by atoms with Crippen molar-refractivity contribution in [2.24, 2.45) is 0 Å². The van der Waals surface area contributed by atoms with Crippen LogP contribution in [0.25, 0.3) is 17.1 Å². The molecule has 0 bridgehead atoms. The van der Waals surface area contributed by atoms with Crippen LogP contribution in [-0.2, 0) is 11.0 Å². The summed E-state index contributed by atoms with van der Waals surface area (Å²) >= 11 is 13.1. The maximum Gasteiger partial charge on any atom is 0.416 e. The average molecular weight is 537 g/mol. The molecular weight excluding hydrogens is 520 g/mol. The lowest BCUT2D eigenvalue weighted by Gasteiger charge is -2.12. The first-order chi connectivity index (χ1) is 16.6. The van der Waals surface area contributed by atoms with E-state index in [4.69, 9.17) is 23.2 Å². The van der Waals surface area contributed by atoms with E-state index in [1.807, 2.05) is 47.9 Å². The van der Waals surface area contributed by atoms with Gasteiger partial charge in [0.15, 0.2) is 11.0 Å². The van der Waals surface area contributed by atoms with Gasteiger partial charge in [-0.1, -0.05) is 47.1 Å². The summed E-state index contributed by atoms with van der Waals surface area (Å²) in [5.74, 6) is -0.115. The number of nitrogens with one attached hydrogen (secondary N) is 1. The zero-order valence-electron chi connectivity index (χ0n) is 18.1. The molecule has 0 saturated heterocycles. The molecule has 0 spiro atoms. The third-order valence-electron chi connectivity index (χ3n) is 4.90. The molecule has 35 heavy (non-hydrogen) atoms. The first-order valence-electron chi connectivity index (χ1n) is 10.2. The van der Waals surface area contributed by atoms with Crippen LogP contribution in [0, 0.1) is 6.92 Å². The second-order valence-corrected chi connectivity index (χ2v) is 9.30. The Balaban J connectivity index is 1.59. The van der Waals surface area contributed by atoms with Crippen molar-refractivity contribution in [3.8, 4) is 17.1 Å². The van der Waals surface area contributed by atoms with Gasteiger partial charge in [0.2, 0.25) is 5.91 Å². The van der Waals surface area contributed by atoms with Gasteiger partial charge in [0.05, 0.1) is 22.0 Å². The van der Waals surface area contributed by atoms with E-state index in [0.717, 1.165) is 46.8 Å². The maximum atomic E-state index is 13.0. The summed E-state index contributed by atoms with van der Waals surface area (Å²) in [6.45, 7) is 1.95. The monoisotopic (exact) mass is 536 g/mol. The van der Waals surface area contributed by atoms with Crippen molar-refractivity contribution in [2.45, 2.75) is 18.3 Å². The Morgan fingerprint density at radius 2 is 1.77 bits per heavy atom. The van der Waals surface area contributed by atoms with Gasteiger partial charge >= 0.3 is 6.18 Å². The fourth-order valence-corrected chi connectivity index (χ4v) is 4.31. The number of hydrogen-bond donors (Lipinski definition) is 1. The van der Waals surface area contributed by atoms with E-state index in [-0.39, 0.29) is 16.5 Å². The number of carbonyl (C=O) groups is 1. The van der Waals surface area contributed by atoms with E-state index in [0.29, 0.717) is 16.0 Å². The molecular formula is C24H17Cl2F3N4OS. The van der Waals surface area contributed by atoms with Crippen molar-refractivity contribution in [1.82, 2.24) is 14.8 Å². The molecule has 1 aromatic heterocycles. The predicted octanol–water partition coefficient (Wildman–Crippen LogP) is 7.30. The normalized spacial score (nSPS) is 11.5. The van der Waals surface area contributed by atoms with Crippen molar-refractivity contribution in [1.29, 1.82) is 0 Å². The van der Waals surface area contributed by atoms with E-state index in [2.05, 4.69) is 15.5 Å². The van der Waals surface area contributed by atoms with Crippen LogP contribution < -0.4 is 5.32 Å². The molecule has 3 aromatic carbocycles. The SMILES string of the molecule is Cc1cccc(-n2c(SCC(=O)Nc3cc(C(F)(F)F)ccc3Cl)nnc2-c2ccc(Cl)cc2)c1. The van der Waals surface area contributed by atoms with Crippen molar-refractivity contribution in [3.05, 3.63) is 87.9 Å². The smallest absolute Gasteiger partial charge is 0.324 e. The molecule has 0 unspecified atom stereocenters. The minimum atomic E-state index is -4.55. The Morgan fingerprint density at radius 1 is 1.03 bits per heavy atom. The number of thioether (sulfide) groups is 1. The Labute approximate surface area is 213 Å². The Hall–Kier alpha value is -3.01. The van der Waals surface area contributed by atoms with Crippen LogP contribution in [0.2, 0.25) is 10.0 Å². The number of benzene rings is 3. The number of carbonyl (C=O) groups excluding carboxylic acids is 1. The number of aromatic nitrogens is 3. The number of aryl methyl sites for hydroxylation is 1. The summed E-state index contributed by atoms with van der Waals surface area (Å²) < 4.78 is 40.9. The van der Waals surface area contributed by atoms with Crippen LogP contribution in [0.1, 0.15) is 11.1 Å². The molecule has 4 aromatic rings. The van der Waals surface area contributed by atoms with E-state index in [1.165, 1.54) is 0 Å². The van der Waals surface area contributed by atoms with Crippen molar-refractivity contribution < 1.29 is 18.0 Å². The zero-order chi connectivity index (χ0) is 25.2. The first kappa shape index (κ1) is 25.1. The largest absolute Gasteiger partial charge is 0.416 e. The lowest BCUT2D eigenvalue weighted by atomic mass is 10.2. The average Bonchev–Trinajstić information content (AvgIpc) is 3.23. The first-order valence-corrected chi connectivity index (χ1v) is 11.9. The summed E-state index contributed by atoms with van der Waals surface area (Å²) in [5, 5.41) is 12.0. The molecule has 0 saturated carbocycles. The third kappa shape index (κ3) is 5.98. The Kier molecular flexibility index (Phi) is 7.39. The van der Waals surface area contributed by atoms with Crippen LogP contribution in [-0.4, -0.2) is 26.4 Å². The number of alkyl halides is 3. The molecule has 0 fully saturated rings. The van der Waals surface area contributed by atoms with Crippen LogP contribution in [0.3, 0.4) is 0 Å². The van der Waals surface area contributed by atoms with Gasteiger partial charge in [-0.2, -0.15) is 13.2 Å². The molecule has 0 atom stereocenters. The summed E-state index contributed by atoms with van der Waals surface area (Å²) in [6, 6.07) is 17.6. The molecule has 1 N–H and O–H groups in total. The van der Waals surface area contributed by atoms with Gasteiger partial charge < -0.3 is 5.32 Å². The number of halogens is 5. The quantitative estimate of drug-likeness (QED) is 0.262. The number of amides is 1. The van der Waals surface area contributed by atoms with Crippen LogP contribution in [0.15, 0.2) is 71.9 Å². The predicted molar refractivity (Wildman–Crippen MR) is 132 cm³/mol. The lowest BCUT2D eigenvalue weighted by molar-refractivity contribution is -0.137. The fourth-order valence-electron chi connectivity index (χ4n) is 3.26. The van der Waals surface area contributed by atoms with Gasteiger partial charge in [0.25, 0.3) is 0 Å². The highest BCUT2D eigenvalue weighted by atomic mass is 35.5. The van der Waals surface area contributed by atoms with Crippen molar-refractivity contribution >= 4 is 46.6 Å². The van der Waals surface area contributed by atoms with E-state index in [1.54, 1.807) is 12.1 Å². The highest BCUT2D eigenvalue weighted by molar-refractivity contribution is 7.99. The minimum Gasteiger partial charge on any atom is -0.324 e. The molecule has 0 aliphatic carbocycles. The zero-order valence-corrected chi connectivity index (χ0v) is 20.4. The molecule has 1 heterocycles. The standard InChI is InChI=1S/C24H17Cl2F3N4OS/c1-14-3-2-4-18(11-14)33-22(15-5-8-17(25)9-6-15)31-32-23(33)35-13-21(34)30-20-12-16(24(27,28)29)7-10-19(20)26/h2-12H,13H2,1H3,(H,30,34). The van der Waals surface area contributed by atoms with Gasteiger partial charge in [-0.25, -0.2) is 0 Å². The second-order valence-electron chi connectivity index (χ2n) is 7.52. The minimum absolute atomic E-state index is 0.00398. The highest BCUT2D eigenvalue weighted by Crippen LogP contribution is 2.34. The molecule has 5 nitrogen and oxygen atoms in total. The summed E-state index contributed by atoms with van der Waals surface area (Å²) in [5.41, 5.74) is 1.57. The Bertz CT molecular complexity index is 1370. The van der Waals surface area contributed by atoms with Crippen LogP contribution in [0.5, 0.6) is 0 Å². The van der Waals surface area contributed by atoms with Crippen molar-refractivity contribution in [2.75, 3.05) is 11.1 Å². The van der Waals surface area contributed by atoms with E-state index >= 15 is 0 Å². The van der Waals surface area contributed by atoms with Crippen molar-refractivity contribution in [3.63, 3.8) is 0 Å². The molecule has 4 rings (SSSR count). The summed E-state index contributed by atoms with van der Waals surface area (Å²) in [6.07, 6.45) is -4.55. The number of nitrogens with zero attached hydrogens (tertiary/aromatic N) is 3. The number of anilines is 1. The van der Waals surface area contributed by atoms with Crippen LogP contribution >= 0.6 is 35.0 Å². The fraction of sp³-hybridized carbons (Fsp3) is 0.125. The molecule has 180 valence electrons. The lowest BCUT2D eigenvalue weighted by Crippen LogP contribution is -2.16. The number of rotatable bonds is 6. The summed E-state index contributed by atoms with van der Waals surface area (Å²) in [7, 11) is 0. The highest BCUT2D eigenvalue weighted by Gasteiger charge is 2.31. The van der Waals surface area contributed by atoms with Gasteiger partial charge in [-0.3, -0.25) is 9.36 Å².